The lowest BCUT2D eigenvalue weighted by Crippen LogP contribution is -2.51. The van der Waals surface area contributed by atoms with Crippen molar-refractivity contribution < 1.29 is 14.4 Å². The smallest absolute Gasteiger partial charge is 0.323 e. The van der Waals surface area contributed by atoms with Gasteiger partial charge in [-0.05, 0) is 43.4 Å². The number of amides is 4. The molecule has 1 aromatic heterocycles. The summed E-state index contributed by atoms with van der Waals surface area (Å²) in [5, 5.41) is 14.7. The van der Waals surface area contributed by atoms with E-state index in [1.807, 2.05) is 6.92 Å². The predicted octanol–water partition coefficient (Wildman–Crippen LogP) is 3.35. The number of carbonyl (C=O) groups is 3. The number of nitrogens with one attached hydrogen (secondary N) is 2. The minimum absolute atomic E-state index is 0.227. The molecule has 2 heterocycles. The van der Waals surface area contributed by atoms with Gasteiger partial charge < -0.3 is 5.32 Å². The lowest BCUT2D eigenvalue weighted by molar-refractivity contribution is -0.135. The van der Waals surface area contributed by atoms with Crippen LogP contribution in [-0.4, -0.2) is 45.0 Å². The number of urea groups is 1. The summed E-state index contributed by atoms with van der Waals surface area (Å²) >= 11 is 1.31. The van der Waals surface area contributed by atoms with E-state index in [1.165, 1.54) is 11.3 Å². The van der Waals surface area contributed by atoms with E-state index in [2.05, 4.69) is 41.6 Å². The Bertz CT molecular complexity index is 783. The molecule has 1 saturated carbocycles. The molecule has 1 aromatic rings. The largest absolute Gasteiger partial charge is 0.325 e. The van der Waals surface area contributed by atoms with Crippen LogP contribution in [0.2, 0.25) is 0 Å². The van der Waals surface area contributed by atoms with Crippen molar-refractivity contribution in [3.8, 4) is 0 Å². The molecule has 2 N–H and O–H groups in total. The minimum Gasteiger partial charge on any atom is -0.323 e. The zero-order chi connectivity index (χ0) is 21.2. The van der Waals surface area contributed by atoms with Crippen LogP contribution in [0.3, 0.4) is 0 Å². The van der Waals surface area contributed by atoms with Crippen LogP contribution in [0.5, 0.6) is 0 Å². The highest BCUT2D eigenvalue weighted by Gasteiger charge is 2.53. The molecule has 0 aromatic carbocycles. The minimum atomic E-state index is -0.852. The van der Waals surface area contributed by atoms with Gasteiger partial charge in [-0.15, -0.1) is 10.2 Å². The Morgan fingerprint density at radius 2 is 1.97 bits per heavy atom. The van der Waals surface area contributed by atoms with Crippen LogP contribution in [0.25, 0.3) is 0 Å². The Hall–Kier alpha value is -2.03. The van der Waals surface area contributed by atoms with Gasteiger partial charge in [0.1, 0.15) is 17.1 Å². The molecule has 0 bridgehead atoms. The van der Waals surface area contributed by atoms with Crippen molar-refractivity contribution in [2.45, 2.75) is 78.2 Å². The molecule has 1 spiro atoms. The van der Waals surface area contributed by atoms with Crippen molar-refractivity contribution >= 4 is 34.3 Å². The monoisotopic (exact) mass is 421 g/mol. The summed E-state index contributed by atoms with van der Waals surface area (Å²) in [7, 11) is 0. The second-order valence-corrected chi connectivity index (χ2v) is 9.88. The van der Waals surface area contributed by atoms with Gasteiger partial charge >= 0.3 is 6.03 Å². The van der Waals surface area contributed by atoms with Crippen LogP contribution < -0.4 is 10.6 Å². The van der Waals surface area contributed by atoms with Crippen LogP contribution in [-0.2, 0) is 16.0 Å². The predicted molar refractivity (Wildman–Crippen MR) is 112 cm³/mol. The van der Waals surface area contributed by atoms with E-state index in [0.29, 0.717) is 23.9 Å². The molecular weight excluding hydrogens is 390 g/mol. The van der Waals surface area contributed by atoms with Gasteiger partial charge in [0.15, 0.2) is 0 Å². The lowest BCUT2D eigenvalue weighted by Gasteiger charge is -2.42. The third-order valence-electron chi connectivity index (χ3n) is 6.58. The zero-order valence-electron chi connectivity index (χ0n) is 17.7. The molecule has 0 atom stereocenters. The maximum Gasteiger partial charge on any atom is 0.325 e. The van der Waals surface area contributed by atoms with Crippen molar-refractivity contribution in [3.05, 3.63) is 5.01 Å². The van der Waals surface area contributed by atoms with Gasteiger partial charge in [0, 0.05) is 6.42 Å². The topological polar surface area (TPSA) is 104 Å². The maximum absolute atomic E-state index is 13.0. The van der Waals surface area contributed by atoms with Gasteiger partial charge in [-0.25, -0.2) is 4.79 Å². The van der Waals surface area contributed by atoms with E-state index >= 15 is 0 Å². The molecule has 4 amide bonds. The lowest BCUT2D eigenvalue weighted by atomic mass is 9.65. The Balaban J connectivity index is 1.60. The van der Waals surface area contributed by atoms with E-state index in [0.717, 1.165) is 42.0 Å². The van der Waals surface area contributed by atoms with E-state index < -0.39 is 17.5 Å². The summed E-state index contributed by atoms with van der Waals surface area (Å²) in [5.74, 6) is -0.185. The second-order valence-electron chi connectivity index (χ2n) is 8.82. The van der Waals surface area contributed by atoms with Crippen molar-refractivity contribution in [2.75, 3.05) is 11.9 Å². The number of carbonyl (C=O) groups excluding carboxylic acids is 3. The Morgan fingerprint density at radius 3 is 2.59 bits per heavy atom. The molecule has 1 aliphatic carbocycles. The summed E-state index contributed by atoms with van der Waals surface area (Å²) in [6, 6.07) is -0.484. The molecule has 1 saturated heterocycles. The molecule has 2 fully saturated rings. The van der Waals surface area contributed by atoms with Gasteiger partial charge in [-0.2, -0.15) is 0 Å². The number of anilines is 1. The van der Waals surface area contributed by atoms with Crippen LogP contribution in [0.15, 0.2) is 0 Å². The fraction of sp³-hybridized carbons (Fsp3) is 0.750. The maximum atomic E-state index is 13.0. The average molecular weight is 422 g/mol. The Morgan fingerprint density at radius 1 is 1.28 bits per heavy atom. The van der Waals surface area contributed by atoms with Crippen molar-refractivity contribution in [1.29, 1.82) is 0 Å². The van der Waals surface area contributed by atoms with Crippen molar-refractivity contribution in [3.63, 3.8) is 0 Å². The second kappa shape index (κ2) is 8.38. The third-order valence-corrected chi connectivity index (χ3v) is 7.48. The Labute approximate surface area is 175 Å². The molecule has 2 aliphatic rings. The summed E-state index contributed by atoms with van der Waals surface area (Å²) < 4.78 is 0. The Kier molecular flexibility index (Phi) is 6.26. The molecule has 29 heavy (non-hydrogen) atoms. The first-order valence-electron chi connectivity index (χ1n) is 10.5. The average Bonchev–Trinajstić information content (AvgIpc) is 3.20. The standard InChI is InChI=1S/C20H31N5O3S/c1-5-7-15-23-24-17(29-15)21-14(26)12-25-16(27)20(22-18(25)28)10-8-13(9-11-20)19(3,4)6-2/h13H,5-12H2,1-4H3,(H,22,28)(H,21,24,26). The highest BCUT2D eigenvalue weighted by Crippen LogP contribution is 2.45. The van der Waals surface area contributed by atoms with E-state index in [1.54, 1.807) is 0 Å². The van der Waals surface area contributed by atoms with Gasteiger partial charge in [-0.3, -0.25) is 19.8 Å². The van der Waals surface area contributed by atoms with Gasteiger partial charge in [0.2, 0.25) is 11.0 Å². The summed E-state index contributed by atoms with van der Waals surface area (Å²) in [5.41, 5.74) is -0.625. The number of hydrogen-bond donors (Lipinski definition) is 2. The van der Waals surface area contributed by atoms with E-state index in [4.69, 9.17) is 0 Å². The normalized spacial score (nSPS) is 24.8. The summed E-state index contributed by atoms with van der Waals surface area (Å²) in [4.78, 5) is 38.9. The van der Waals surface area contributed by atoms with Crippen molar-refractivity contribution in [2.24, 2.45) is 11.3 Å². The summed E-state index contributed by atoms with van der Waals surface area (Å²) in [6.45, 7) is 8.46. The molecule has 3 rings (SSSR count). The van der Waals surface area contributed by atoms with Crippen molar-refractivity contribution in [1.82, 2.24) is 20.4 Å². The first-order valence-corrected chi connectivity index (χ1v) is 11.3. The van der Waals surface area contributed by atoms with Crippen LogP contribution in [0.1, 0.15) is 71.2 Å². The number of aromatic nitrogens is 2. The fourth-order valence-electron chi connectivity index (χ4n) is 4.26. The first-order chi connectivity index (χ1) is 13.7. The number of imide groups is 1. The fourth-order valence-corrected chi connectivity index (χ4v) is 5.12. The zero-order valence-corrected chi connectivity index (χ0v) is 18.5. The highest BCUT2D eigenvalue weighted by atomic mass is 32.1. The summed E-state index contributed by atoms with van der Waals surface area (Å²) in [6.07, 6.45) is 5.89. The molecule has 0 radical (unpaired) electrons. The highest BCUT2D eigenvalue weighted by molar-refractivity contribution is 7.15. The van der Waals surface area contributed by atoms with Crippen LogP contribution in [0, 0.1) is 11.3 Å². The van der Waals surface area contributed by atoms with E-state index in [-0.39, 0.29) is 17.9 Å². The van der Waals surface area contributed by atoms with Gasteiger partial charge in [0.05, 0.1) is 0 Å². The third kappa shape index (κ3) is 4.44. The van der Waals surface area contributed by atoms with Crippen LogP contribution in [0.4, 0.5) is 9.93 Å². The molecule has 0 unspecified atom stereocenters. The quantitative estimate of drug-likeness (QED) is 0.657. The number of nitrogens with zero attached hydrogens (tertiary/aromatic N) is 3. The number of hydrogen-bond acceptors (Lipinski definition) is 6. The molecule has 8 nitrogen and oxygen atoms in total. The molecule has 1 aliphatic heterocycles. The van der Waals surface area contributed by atoms with Crippen LogP contribution >= 0.6 is 11.3 Å². The SMILES string of the molecule is CCCc1nnc(NC(=O)CN2C(=O)NC3(CCC(C(C)(C)CC)CC3)C2=O)s1. The first kappa shape index (κ1) is 21.7. The van der Waals surface area contributed by atoms with Gasteiger partial charge in [0.25, 0.3) is 5.91 Å². The van der Waals surface area contributed by atoms with Gasteiger partial charge in [-0.1, -0.05) is 45.5 Å². The molecular formula is C20H31N5O3S. The number of aryl methyl sites for hydroxylation is 1. The molecule has 160 valence electrons. The molecule has 9 heteroatoms. The van der Waals surface area contributed by atoms with E-state index in [9.17, 15) is 14.4 Å². The number of rotatable bonds is 7.